The van der Waals surface area contributed by atoms with Crippen LogP contribution < -0.4 is 24.4 Å². The summed E-state index contributed by atoms with van der Waals surface area (Å²) >= 11 is 0. The van der Waals surface area contributed by atoms with Crippen LogP contribution in [-0.2, 0) is 22.7 Å². The first-order valence-corrected chi connectivity index (χ1v) is 17.3. The maximum atomic E-state index is 14.2. The predicted octanol–water partition coefficient (Wildman–Crippen LogP) is 3.38. The molecule has 1 fully saturated rings. The van der Waals surface area contributed by atoms with Gasteiger partial charge in [-0.25, -0.2) is 4.98 Å². The number of aromatic nitrogens is 4. The summed E-state index contributed by atoms with van der Waals surface area (Å²) in [5, 5.41) is 8.30. The van der Waals surface area contributed by atoms with Gasteiger partial charge in [-0.2, -0.15) is 5.10 Å². The zero-order valence-electron chi connectivity index (χ0n) is 30.0. The maximum absolute atomic E-state index is 14.2. The van der Waals surface area contributed by atoms with E-state index >= 15 is 0 Å². The molecule has 1 aromatic carbocycles. The molecule has 2 bridgehead atoms. The van der Waals surface area contributed by atoms with Crippen molar-refractivity contribution in [1.82, 2.24) is 34.9 Å². The number of piperidine rings is 1. The molecule has 5 heterocycles. The number of hydrogen-bond acceptors (Lipinski definition) is 10. The van der Waals surface area contributed by atoms with Crippen molar-refractivity contribution in [3.63, 3.8) is 0 Å². The van der Waals surface area contributed by atoms with E-state index in [1.54, 1.807) is 60.2 Å². The van der Waals surface area contributed by atoms with Gasteiger partial charge in [-0.05, 0) is 56.9 Å². The van der Waals surface area contributed by atoms with Gasteiger partial charge in [-0.1, -0.05) is 6.07 Å². The molecule has 14 nitrogen and oxygen atoms in total. The molecular formula is C37H46N8O6. The smallest absolute Gasteiger partial charge is 0.272 e. The summed E-state index contributed by atoms with van der Waals surface area (Å²) in [5.41, 5.74) is 3.42. The second-order valence-corrected chi connectivity index (χ2v) is 13.1. The Bertz CT molecular complexity index is 1900. The second kappa shape index (κ2) is 15.7. The molecule has 14 heteroatoms. The van der Waals surface area contributed by atoms with Gasteiger partial charge >= 0.3 is 0 Å². The van der Waals surface area contributed by atoms with Crippen molar-refractivity contribution in [3.05, 3.63) is 65.2 Å². The van der Waals surface area contributed by atoms with Crippen molar-refractivity contribution < 1.29 is 28.6 Å². The van der Waals surface area contributed by atoms with Crippen molar-refractivity contribution in [2.24, 2.45) is 5.92 Å². The molecule has 6 rings (SSSR count). The number of nitrogens with one attached hydrogen (secondary N) is 1. The number of carbonyl (C=O) groups excluding carboxylic acids is 3. The van der Waals surface area contributed by atoms with E-state index in [2.05, 4.69) is 20.3 Å². The third-order valence-corrected chi connectivity index (χ3v) is 9.61. The van der Waals surface area contributed by atoms with E-state index in [9.17, 15) is 14.4 Å². The summed E-state index contributed by atoms with van der Waals surface area (Å²) in [6.45, 7) is 6.54. The van der Waals surface area contributed by atoms with E-state index in [1.165, 1.54) is 0 Å². The van der Waals surface area contributed by atoms with E-state index in [1.807, 2.05) is 32.0 Å². The highest BCUT2D eigenvalue weighted by atomic mass is 16.5. The minimum Gasteiger partial charge on any atom is -0.493 e. The number of rotatable bonds is 6. The molecular weight excluding hydrogens is 652 g/mol. The molecule has 1 unspecified atom stereocenters. The van der Waals surface area contributed by atoms with Crippen molar-refractivity contribution in [1.29, 1.82) is 0 Å². The van der Waals surface area contributed by atoms with Gasteiger partial charge in [0.2, 0.25) is 17.6 Å². The fraction of sp³-hybridized carbons (Fsp3) is 0.459. The number of fused-ring (bicyclic) bond motifs is 5. The van der Waals surface area contributed by atoms with Crippen molar-refractivity contribution in [2.45, 2.75) is 46.2 Å². The van der Waals surface area contributed by atoms with Gasteiger partial charge < -0.3 is 34.2 Å². The van der Waals surface area contributed by atoms with Crippen LogP contribution in [0.5, 0.6) is 17.2 Å². The first kappa shape index (κ1) is 35.4. The van der Waals surface area contributed by atoms with Gasteiger partial charge in [-0.15, -0.1) is 0 Å². The second-order valence-electron chi connectivity index (χ2n) is 13.1. The number of ether oxygens (including phenoxy) is 3. The molecule has 2 aliphatic heterocycles. The predicted molar refractivity (Wildman–Crippen MR) is 191 cm³/mol. The quantitative estimate of drug-likeness (QED) is 0.318. The number of methoxy groups -OCH3 is 3. The number of pyridine rings is 2. The molecule has 270 valence electrons. The average Bonchev–Trinajstić information content (AvgIpc) is 3.46. The fourth-order valence-corrected chi connectivity index (χ4v) is 6.99. The SMILES string of the molecule is COc1cc2nc3c(cc2c(OC)c1OC)CN(C(=O)c1ccccn1)CCN(C(=O)Cn1nc(C)cc1C)CCC(=O)NCC1CCCN3C1. The molecule has 51 heavy (non-hydrogen) atoms. The zero-order valence-corrected chi connectivity index (χ0v) is 30.0. The van der Waals surface area contributed by atoms with Crippen LogP contribution in [0.3, 0.4) is 0 Å². The number of carbonyl (C=O) groups is 3. The van der Waals surface area contributed by atoms with E-state index in [-0.39, 0.29) is 68.5 Å². The Morgan fingerprint density at radius 1 is 0.961 bits per heavy atom. The minimum absolute atomic E-state index is 0.0242. The Labute approximate surface area is 297 Å². The normalized spacial score (nSPS) is 17.2. The number of hydrogen-bond donors (Lipinski definition) is 1. The first-order valence-electron chi connectivity index (χ1n) is 17.3. The molecule has 2 aliphatic rings. The van der Waals surface area contributed by atoms with Gasteiger partial charge in [0, 0.05) is 81.1 Å². The Morgan fingerprint density at radius 3 is 2.47 bits per heavy atom. The van der Waals surface area contributed by atoms with Gasteiger partial charge in [0.15, 0.2) is 11.5 Å². The lowest BCUT2D eigenvalue weighted by molar-refractivity contribution is -0.133. The zero-order chi connectivity index (χ0) is 36.1. The molecule has 0 aliphatic carbocycles. The Kier molecular flexibility index (Phi) is 10.9. The third kappa shape index (κ3) is 7.84. The van der Waals surface area contributed by atoms with Crippen LogP contribution in [0.2, 0.25) is 0 Å². The van der Waals surface area contributed by atoms with E-state index in [0.29, 0.717) is 41.2 Å². The van der Waals surface area contributed by atoms with Crippen LogP contribution in [0, 0.1) is 19.8 Å². The van der Waals surface area contributed by atoms with Crippen molar-refractivity contribution in [2.75, 3.05) is 65.5 Å². The van der Waals surface area contributed by atoms with E-state index in [0.717, 1.165) is 42.2 Å². The molecule has 3 amide bonds. The maximum Gasteiger partial charge on any atom is 0.272 e. The lowest BCUT2D eigenvalue weighted by Crippen LogP contribution is -2.44. The first-order chi connectivity index (χ1) is 24.7. The average molecular weight is 699 g/mol. The van der Waals surface area contributed by atoms with Gasteiger partial charge in [0.1, 0.15) is 18.1 Å². The van der Waals surface area contributed by atoms with Crippen molar-refractivity contribution >= 4 is 34.4 Å². The van der Waals surface area contributed by atoms with Gasteiger partial charge in [0.05, 0.1) is 32.5 Å². The molecule has 0 radical (unpaired) electrons. The number of amides is 3. The Hall–Kier alpha value is -5.40. The van der Waals surface area contributed by atoms with Crippen molar-refractivity contribution in [3.8, 4) is 17.2 Å². The Morgan fingerprint density at radius 2 is 1.76 bits per heavy atom. The van der Waals surface area contributed by atoms with Crippen LogP contribution >= 0.6 is 0 Å². The highest BCUT2D eigenvalue weighted by Crippen LogP contribution is 2.44. The largest absolute Gasteiger partial charge is 0.493 e. The van der Waals surface area contributed by atoms with Crippen LogP contribution in [0.15, 0.2) is 42.6 Å². The van der Waals surface area contributed by atoms with Gasteiger partial charge in [-0.3, -0.25) is 24.0 Å². The summed E-state index contributed by atoms with van der Waals surface area (Å²) < 4.78 is 18.9. The number of aryl methyl sites for hydroxylation is 2. The standard InChI is InChI=1S/C37H46N8O6/c1-24-17-25(2)45(41-24)23-33(47)42-14-11-32(46)39-20-26-9-8-13-43(21-26)36-27(22-44(16-15-42)37(48)29-10-6-7-12-38-29)18-28-30(40-36)19-31(49-3)35(51-5)34(28)50-4/h6-7,10,12,17-19,26H,8-9,11,13-16,20-23H2,1-5H3,(H,39,46). The third-order valence-electron chi connectivity index (χ3n) is 9.61. The summed E-state index contributed by atoms with van der Waals surface area (Å²) in [6.07, 6.45) is 3.60. The lowest BCUT2D eigenvalue weighted by Gasteiger charge is -2.35. The van der Waals surface area contributed by atoms with E-state index < -0.39 is 0 Å². The Balaban J connectivity index is 1.45. The summed E-state index contributed by atoms with van der Waals surface area (Å²) in [4.78, 5) is 56.4. The molecule has 0 saturated carbocycles. The molecule has 1 atom stereocenters. The summed E-state index contributed by atoms with van der Waals surface area (Å²) in [7, 11) is 4.70. The molecule has 4 aromatic rings. The topological polar surface area (TPSA) is 144 Å². The highest BCUT2D eigenvalue weighted by Gasteiger charge is 2.29. The van der Waals surface area contributed by atoms with Crippen LogP contribution in [0.1, 0.15) is 46.7 Å². The molecule has 1 N–H and O–H groups in total. The van der Waals surface area contributed by atoms with E-state index in [4.69, 9.17) is 19.2 Å². The van der Waals surface area contributed by atoms with Crippen LogP contribution in [-0.4, -0.2) is 108 Å². The highest BCUT2D eigenvalue weighted by molar-refractivity contribution is 5.94. The molecule has 0 spiro atoms. The van der Waals surface area contributed by atoms with Crippen LogP contribution in [0.25, 0.3) is 10.9 Å². The fourth-order valence-electron chi connectivity index (χ4n) is 6.99. The summed E-state index contributed by atoms with van der Waals surface area (Å²) in [6, 6.07) is 11.0. The molecule has 3 aromatic heterocycles. The number of benzene rings is 1. The minimum atomic E-state index is -0.287. The van der Waals surface area contributed by atoms with Gasteiger partial charge in [0.25, 0.3) is 5.91 Å². The number of nitrogens with zero attached hydrogens (tertiary/aromatic N) is 7. The monoisotopic (exact) mass is 698 g/mol. The number of anilines is 1. The van der Waals surface area contributed by atoms with Crippen LogP contribution in [0.4, 0.5) is 5.82 Å². The lowest BCUT2D eigenvalue weighted by atomic mass is 9.97. The molecule has 1 saturated heterocycles. The summed E-state index contributed by atoms with van der Waals surface area (Å²) in [5.74, 6) is 1.73.